The number of aliphatic hydroxyl groups excluding tert-OH is 1. The summed E-state index contributed by atoms with van der Waals surface area (Å²) < 4.78 is 22.4. The fraction of sp³-hybridized carbons (Fsp3) is 0.857. The Hall–Kier alpha value is -0.760. The molecule has 8 nitrogen and oxygen atoms in total. The van der Waals surface area contributed by atoms with Gasteiger partial charge < -0.3 is 28.8 Å². The summed E-state index contributed by atoms with van der Waals surface area (Å²) in [6.45, 7) is 4.27. The zero-order valence-electron chi connectivity index (χ0n) is 19.5. The molecule has 0 fully saturated rings. The highest BCUT2D eigenvalue weighted by molar-refractivity contribution is 7.45. The van der Waals surface area contributed by atoms with Crippen LogP contribution in [0.15, 0.2) is 12.2 Å². The number of quaternary nitrogens is 1. The van der Waals surface area contributed by atoms with Crippen molar-refractivity contribution in [2.75, 3.05) is 40.9 Å². The molecule has 30 heavy (non-hydrogen) atoms. The van der Waals surface area contributed by atoms with Gasteiger partial charge in [0.1, 0.15) is 13.2 Å². The van der Waals surface area contributed by atoms with Crippen LogP contribution in [0, 0.1) is 0 Å². The Morgan fingerprint density at radius 1 is 1.13 bits per heavy atom. The average Bonchev–Trinajstić information content (AvgIpc) is 2.63. The van der Waals surface area contributed by atoms with Gasteiger partial charge in [-0.2, -0.15) is 0 Å². The van der Waals surface area contributed by atoms with Gasteiger partial charge in [-0.05, 0) is 19.3 Å². The van der Waals surface area contributed by atoms with E-state index in [-0.39, 0.29) is 19.1 Å². The van der Waals surface area contributed by atoms with Crippen molar-refractivity contribution in [3.8, 4) is 0 Å². The van der Waals surface area contributed by atoms with E-state index in [0.29, 0.717) is 17.4 Å². The first kappa shape index (κ1) is 29.2. The molecule has 0 aromatic rings. The van der Waals surface area contributed by atoms with Crippen LogP contribution >= 0.6 is 7.82 Å². The van der Waals surface area contributed by atoms with Crippen molar-refractivity contribution in [2.45, 2.75) is 77.4 Å². The molecule has 0 aliphatic heterocycles. The van der Waals surface area contributed by atoms with Gasteiger partial charge in [0.2, 0.25) is 5.91 Å². The van der Waals surface area contributed by atoms with Gasteiger partial charge in [0.15, 0.2) is 0 Å². The summed E-state index contributed by atoms with van der Waals surface area (Å²) >= 11 is 0. The van der Waals surface area contributed by atoms with Crippen LogP contribution in [0.4, 0.5) is 0 Å². The van der Waals surface area contributed by atoms with E-state index >= 15 is 0 Å². The Morgan fingerprint density at radius 3 is 2.37 bits per heavy atom. The number of likely N-dealkylation sites (N-methyl/N-ethyl adjacent to an activating group) is 1. The standard InChI is InChI=1S/C21H43N2O6P/c1-6-8-10-11-13-14-20(24)19(22-21(25)15-12-9-7-2)18-29-30(26,27)28-17-16-23(3,4)5/h13-14,19-20,24H,6-12,15-18H2,1-5H3,(H-,22,25,26,27)/b14-13+/t19-,20+/m0/s1. The van der Waals surface area contributed by atoms with Crippen molar-refractivity contribution >= 4 is 13.7 Å². The maximum absolute atomic E-state index is 12.2. The molecule has 0 aliphatic carbocycles. The molecule has 0 saturated heterocycles. The number of carbonyl (C=O) groups excluding carboxylic acids is 1. The first-order chi connectivity index (χ1) is 14.0. The number of hydrogen-bond acceptors (Lipinski definition) is 6. The SMILES string of the molecule is CCCCC/C=C/[C@@H](O)[C@H](COP(=O)([O-])OCC[N+](C)(C)C)NC(=O)CCCCC. The number of phosphoric acid groups is 1. The monoisotopic (exact) mass is 450 g/mol. The number of rotatable bonds is 18. The second kappa shape index (κ2) is 16.0. The predicted octanol–water partition coefficient (Wildman–Crippen LogP) is 2.76. The molecule has 0 aromatic carbocycles. The van der Waals surface area contributed by atoms with Crippen LogP contribution in [0.2, 0.25) is 0 Å². The van der Waals surface area contributed by atoms with E-state index in [1.807, 2.05) is 34.1 Å². The zero-order chi connectivity index (χ0) is 23.0. The van der Waals surface area contributed by atoms with E-state index in [9.17, 15) is 19.4 Å². The van der Waals surface area contributed by atoms with Gasteiger partial charge in [-0.15, -0.1) is 0 Å². The second-order valence-electron chi connectivity index (χ2n) is 8.64. The third-order valence-electron chi connectivity index (χ3n) is 4.50. The minimum atomic E-state index is -4.53. The Balaban J connectivity index is 4.80. The highest BCUT2D eigenvalue weighted by atomic mass is 31.2. The molecule has 9 heteroatoms. The summed E-state index contributed by atoms with van der Waals surface area (Å²) in [4.78, 5) is 24.2. The van der Waals surface area contributed by atoms with E-state index in [1.165, 1.54) is 0 Å². The maximum atomic E-state index is 12.2. The third kappa shape index (κ3) is 17.0. The van der Waals surface area contributed by atoms with Gasteiger partial charge in [-0.3, -0.25) is 9.36 Å². The number of phosphoric ester groups is 1. The van der Waals surface area contributed by atoms with Crippen molar-refractivity contribution in [1.82, 2.24) is 5.32 Å². The molecule has 0 bridgehead atoms. The molecule has 0 rings (SSSR count). The lowest BCUT2D eigenvalue weighted by molar-refractivity contribution is -0.870. The number of carbonyl (C=O) groups is 1. The summed E-state index contributed by atoms with van der Waals surface area (Å²) in [5.74, 6) is -0.234. The van der Waals surface area contributed by atoms with Crippen molar-refractivity contribution in [3.05, 3.63) is 12.2 Å². The number of nitrogens with zero attached hydrogens (tertiary/aromatic N) is 1. The van der Waals surface area contributed by atoms with Crippen LogP contribution in [0.3, 0.4) is 0 Å². The van der Waals surface area contributed by atoms with Gasteiger partial charge >= 0.3 is 0 Å². The van der Waals surface area contributed by atoms with E-state index < -0.39 is 20.0 Å². The Labute approximate surface area is 182 Å². The number of aliphatic hydroxyl groups is 1. The van der Waals surface area contributed by atoms with Crippen molar-refractivity contribution in [1.29, 1.82) is 0 Å². The lowest BCUT2D eigenvalue weighted by Crippen LogP contribution is -2.45. The maximum Gasteiger partial charge on any atom is 0.268 e. The predicted molar refractivity (Wildman–Crippen MR) is 118 cm³/mol. The van der Waals surface area contributed by atoms with Gasteiger partial charge in [-0.1, -0.05) is 51.7 Å². The number of amides is 1. The topological polar surface area (TPSA) is 108 Å². The Morgan fingerprint density at radius 2 is 1.77 bits per heavy atom. The molecule has 178 valence electrons. The van der Waals surface area contributed by atoms with Crippen molar-refractivity contribution in [3.63, 3.8) is 0 Å². The van der Waals surface area contributed by atoms with Gasteiger partial charge in [-0.25, -0.2) is 0 Å². The molecule has 2 N–H and O–H groups in total. The van der Waals surface area contributed by atoms with Crippen molar-refractivity contribution in [2.24, 2.45) is 0 Å². The van der Waals surface area contributed by atoms with Gasteiger partial charge in [0.25, 0.3) is 7.82 Å². The molecule has 0 radical (unpaired) electrons. The Kier molecular flexibility index (Phi) is 15.6. The normalized spacial score (nSPS) is 16.4. The summed E-state index contributed by atoms with van der Waals surface area (Å²) in [5, 5.41) is 13.1. The molecular weight excluding hydrogens is 407 g/mol. The third-order valence-corrected chi connectivity index (χ3v) is 5.46. The molecule has 0 aromatic heterocycles. The summed E-state index contributed by atoms with van der Waals surface area (Å²) in [7, 11) is 1.24. The van der Waals surface area contributed by atoms with Crippen LogP contribution in [-0.4, -0.2) is 68.5 Å². The molecular formula is C21H43N2O6P. The van der Waals surface area contributed by atoms with E-state index in [1.54, 1.807) is 6.08 Å². The van der Waals surface area contributed by atoms with E-state index in [2.05, 4.69) is 12.2 Å². The molecule has 3 atom stereocenters. The van der Waals surface area contributed by atoms with E-state index in [0.717, 1.165) is 44.9 Å². The largest absolute Gasteiger partial charge is 0.756 e. The first-order valence-electron chi connectivity index (χ1n) is 11.1. The van der Waals surface area contributed by atoms with Crippen LogP contribution in [-0.2, 0) is 18.4 Å². The number of hydrogen-bond donors (Lipinski definition) is 2. The molecule has 1 amide bonds. The average molecular weight is 451 g/mol. The molecule has 0 aliphatic rings. The summed E-state index contributed by atoms with van der Waals surface area (Å²) in [5.41, 5.74) is 0. The number of nitrogens with one attached hydrogen (secondary N) is 1. The molecule has 0 saturated carbocycles. The minimum Gasteiger partial charge on any atom is -0.756 e. The van der Waals surface area contributed by atoms with Crippen LogP contribution in [0.1, 0.15) is 65.2 Å². The zero-order valence-corrected chi connectivity index (χ0v) is 20.4. The van der Waals surface area contributed by atoms with Crippen LogP contribution in [0.25, 0.3) is 0 Å². The quantitative estimate of drug-likeness (QED) is 0.144. The van der Waals surface area contributed by atoms with Gasteiger partial charge in [0, 0.05) is 6.42 Å². The van der Waals surface area contributed by atoms with Crippen LogP contribution in [0.5, 0.6) is 0 Å². The van der Waals surface area contributed by atoms with Gasteiger partial charge in [0.05, 0.1) is 39.9 Å². The summed E-state index contributed by atoms with van der Waals surface area (Å²) in [6.07, 6.45) is 9.43. The first-order valence-corrected chi connectivity index (χ1v) is 12.5. The molecule has 1 unspecified atom stereocenters. The highest BCUT2D eigenvalue weighted by Gasteiger charge is 2.23. The lowest BCUT2D eigenvalue weighted by atomic mass is 10.1. The fourth-order valence-corrected chi connectivity index (χ4v) is 3.28. The highest BCUT2D eigenvalue weighted by Crippen LogP contribution is 2.38. The Bertz CT molecular complexity index is 536. The van der Waals surface area contributed by atoms with Crippen molar-refractivity contribution < 1.29 is 32.9 Å². The van der Waals surface area contributed by atoms with E-state index in [4.69, 9.17) is 9.05 Å². The summed E-state index contributed by atoms with van der Waals surface area (Å²) in [6, 6.07) is -0.870. The lowest BCUT2D eigenvalue weighted by Gasteiger charge is -2.29. The molecule has 0 spiro atoms. The number of unbranched alkanes of at least 4 members (excludes halogenated alkanes) is 5. The van der Waals surface area contributed by atoms with Crippen LogP contribution < -0.4 is 10.2 Å². The fourth-order valence-electron chi connectivity index (χ4n) is 2.56. The number of allylic oxidation sites excluding steroid dienone is 1. The second-order valence-corrected chi connectivity index (χ2v) is 10.0. The molecule has 0 heterocycles. The smallest absolute Gasteiger partial charge is 0.268 e. The minimum absolute atomic E-state index is 0.00178.